The van der Waals surface area contributed by atoms with Crippen molar-refractivity contribution in [1.29, 1.82) is 0 Å². The molecule has 1 atom stereocenters. The standard InChI is InChI=1S/C5H10O6S2/c1-4(12(6,7)8)5(2-3-5)13(9,10)11/h4H,2-3H2,1H3,(H,6,7,8)(H,9,10,11). The van der Waals surface area contributed by atoms with Crippen molar-refractivity contribution in [3.63, 3.8) is 0 Å². The molecule has 1 saturated carbocycles. The average Bonchev–Trinajstić information content (AvgIpc) is 2.60. The minimum absolute atomic E-state index is 0.0623. The summed E-state index contributed by atoms with van der Waals surface area (Å²) in [7, 11) is -8.83. The fraction of sp³-hybridized carbons (Fsp3) is 1.00. The van der Waals surface area contributed by atoms with E-state index in [4.69, 9.17) is 9.11 Å². The van der Waals surface area contributed by atoms with Crippen molar-refractivity contribution in [3.05, 3.63) is 0 Å². The molecule has 0 spiro atoms. The van der Waals surface area contributed by atoms with Crippen LogP contribution in [-0.4, -0.2) is 35.9 Å². The Balaban J connectivity index is 3.11. The minimum atomic E-state index is -4.42. The molecule has 1 aliphatic carbocycles. The van der Waals surface area contributed by atoms with Crippen LogP contribution in [0.5, 0.6) is 0 Å². The number of hydrogen-bond acceptors (Lipinski definition) is 4. The van der Waals surface area contributed by atoms with Gasteiger partial charge in [0.1, 0.15) is 10.00 Å². The normalized spacial score (nSPS) is 23.9. The quantitative estimate of drug-likeness (QED) is 0.643. The molecule has 0 heterocycles. The van der Waals surface area contributed by atoms with Gasteiger partial charge in [0.25, 0.3) is 20.2 Å². The van der Waals surface area contributed by atoms with Gasteiger partial charge in [-0.2, -0.15) is 16.8 Å². The van der Waals surface area contributed by atoms with Crippen LogP contribution in [0.3, 0.4) is 0 Å². The van der Waals surface area contributed by atoms with Gasteiger partial charge in [-0.1, -0.05) is 0 Å². The third kappa shape index (κ3) is 1.71. The third-order valence-electron chi connectivity index (χ3n) is 2.44. The van der Waals surface area contributed by atoms with Crippen LogP contribution >= 0.6 is 0 Å². The Morgan fingerprint density at radius 3 is 1.62 bits per heavy atom. The smallest absolute Gasteiger partial charge is 0.272 e. The molecule has 0 aromatic carbocycles. The molecule has 0 bridgehead atoms. The summed E-state index contributed by atoms with van der Waals surface area (Å²) in [6.07, 6.45) is 0.125. The van der Waals surface area contributed by atoms with E-state index >= 15 is 0 Å². The summed E-state index contributed by atoms with van der Waals surface area (Å²) in [6.45, 7) is 1.07. The van der Waals surface area contributed by atoms with Gasteiger partial charge in [-0.25, -0.2) is 0 Å². The Hall–Kier alpha value is -0.180. The molecular weight excluding hydrogens is 220 g/mol. The molecule has 0 amide bonds. The lowest BCUT2D eigenvalue weighted by Crippen LogP contribution is -2.39. The molecule has 0 aliphatic heterocycles. The highest BCUT2D eigenvalue weighted by Gasteiger charge is 2.61. The van der Waals surface area contributed by atoms with Gasteiger partial charge in [-0.3, -0.25) is 9.11 Å². The summed E-state index contributed by atoms with van der Waals surface area (Å²) in [5.74, 6) is 0. The molecule has 78 valence electrons. The van der Waals surface area contributed by atoms with E-state index in [2.05, 4.69) is 0 Å². The first kappa shape index (κ1) is 10.9. The summed E-state index contributed by atoms with van der Waals surface area (Å²) in [4.78, 5) is 0. The molecular formula is C5H10O6S2. The summed E-state index contributed by atoms with van der Waals surface area (Å²) in [5.41, 5.74) is 0. The van der Waals surface area contributed by atoms with E-state index in [1.165, 1.54) is 0 Å². The van der Waals surface area contributed by atoms with E-state index in [1.807, 2.05) is 0 Å². The number of rotatable bonds is 3. The van der Waals surface area contributed by atoms with Crippen molar-refractivity contribution in [2.75, 3.05) is 0 Å². The fourth-order valence-electron chi connectivity index (χ4n) is 1.27. The van der Waals surface area contributed by atoms with Gasteiger partial charge in [0.05, 0.1) is 0 Å². The van der Waals surface area contributed by atoms with Gasteiger partial charge >= 0.3 is 0 Å². The van der Waals surface area contributed by atoms with E-state index in [-0.39, 0.29) is 12.8 Å². The first-order valence-electron chi connectivity index (χ1n) is 3.54. The molecule has 0 saturated heterocycles. The van der Waals surface area contributed by atoms with Crippen molar-refractivity contribution in [1.82, 2.24) is 0 Å². The minimum Gasteiger partial charge on any atom is -0.285 e. The van der Waals surface area contributed by atoms with Gasteiger partial charge in [0, 0.05) is 0 Å². The van der Waals surface area contributed by atoms with E-state index in [1.54, 1.807) is 0 Å². The Morgan fingerprint density at radius 2 is 1.54 bits per heavy atom. The van der Waals surface area contributed by atoms with Crippen molar-refractivity contribution >= 4 is 20.2 Å². The zero-order valence-corrected chi connectivity index (χ0v) is 8.47. The Morgan fingerprint density at radius 1 is 1.15 bits per heavy atom. The zero-order valence-electron chi connectivity index (χ0n) is 6.84. The highest BCUT2D eigenvalue weighted by molar-refractivity contribution is 7.91. The molecule has 0 aromatic heterocycles. The molecule has 8 heteroatoms. The van der Waals surface area contributed by atoms with Gasteiger partial charge < -0.3 is 0 Å². The van der Waals surface area contributed by atoms with Crippen LogP contribution in [0.2, 0.25) is 0 Å². The molecule has 2 N–H and O–H groups in total. The number of hydrogen-bond donors (Lipinski definition) is 2. The average molecular weight is 230 g/mol. The fourth-order valence-corrected chi connectivity index (χ4v) is 3.81. The maximum absolute atomic E-state index is 10.8. The van der Waals surface area contributed by atoms with Gasteiger partial charge in [-0.05, 0) is 19.8 Å². The highest BCUT2D eigenvalue weighted by Crippen LogP contribution is 2.47. The van der Waals surface area contributed by atoms with Crippen LogP contribution in [-0.2, 0) is 20.2 Å². The maximum atomic E-state index is 10.8. The van der Waals surface area contributed by atoms with Crippen molar-refractivity contribution in [2.24, 2.45) is 0 Å². The Labute approximate surface area is 76.5 Å². The van der Waals surface area contributed by atoms with Gasteiger partial charge in [-0.15, -0.1) is 0 Å². The van der Waals surface area contributed by atoms with Crippen LogP contribution < -0.4 is 0 Å². The second-order valence-electron chi connectivity index (χ2n) is 3.20. The van der Waals surface area contributed by atoms with Crippen LogP contribution in [0.25, 0.3) is 0 Å². The molecule has 0 radical (unpaired) electrons. The van der Waals surface area contributed by atoms with Gasteiger partial charge in [0.2, 0.25) is 0 Å². The molecule has 1 rings (SSSR count). The molecule has 6 nitrogen and oxygen atoms in total. The van der Waals surface area contributed by atoms with Crippen LogP contribution in [0.1, 0.15) is 19.8 Å². The molecule has 1 unspecified atom stereocenters. The predicted molar refractivity (Wildman–Crippen MR) is 44.5 cm³/mol. The molecule has 1 aliphatic rings. The van der Waals surface area contributed by atoms with Crippen LogP contribution in [0.4, 0.5) is 0 Å². The van der Waals surface area contributed by atoms with Crippen molar-refractivity contribution < 1.29 is 25.9 Å². The summed E-state index contributed by atoms with van der Waals surface area (Å²) < 4.78 is 58.5. The topological polar surface area (TPSA) is 109 Å². The maximum Gasteiger partial charge on any atom is 0.272 e. The second kappa shape index (κ2) is 2.66. The lowest BCUT2D eigenvalue weighted by Gasteiger charge is -2.16. The van der Waals surface area contributed by atoms with Crippen molar-refractivity contribution in [3.8, 4) is 0 Å². The van der Waals surface area contributed by atoms with E-state index < -0.39 is 30.2 Å². The Bertz CT molecular complexity index is 400. The summed E-state index contributed by atoms with van der Waals surface area (Å²) in [5, 5.41) is -1.48. The van der Waals surface area contributed by atoms with Crippen LogP contribution in [0.15, 0.2) is 0 Å². The van der Waals surface area contributed by atoms with Crippen LogP contribution in [0, 0.1) is 0 Å². The lowest BCUT2D eigenvalue weighted by molar-refractivity contribution is 0.438. The predicted octanol–water partition coefficient (Wildman–Crippen LogP) is -0.317. The lowest BCUT2D eigenvalue weighted by atomic mass is 10.3. The SMILES string of the molecule is CC(C1(S(=O)(=O)O)CC1)S(=O)(=O)O. The van der Waals surface area contributed by atoms with E-state index in [9.17, 15) is 16.8 Å². The molecule has 0 aromatic rings. The van der Waals surface area contributed by atoms with Gasteiger partial charge in [0.15, 0.2) is 0 Å². The van der Waals surface area contributed by atoms with E-state index in [0.717, 1.165) is 6.92 Å². The molecule has 13 heavy (non-hydrogen) atoms. The second-order valence-corrected chi connectivity index (χ2v) is 6.70. The monoisotopic (exact) mass is 230 g/mol. The first-order chi connectivity index (χ1) is 5.61. The zero-order chi connectivity index (χ0) is 10.5. The molecule has 1 fully saturated rings. The summed E-state index contributed by atoms with van der Waals surface area (Å²) >= 11 is 0. The van der Waals surface area contributed by atoms with Crippen molar-refractivity contribution in [2.45, 2.75) is 29.8 Å². The first-order valence-corrected chi connectivity index (χ1v) is 6.49. The van der Waals surface area contributed by atoms with E-state index in [0.29, 0.717) is 0 Å². The third-order valence-corrected chi connectivity index (χ3v) is 5.73. The largest absolute Gasteiger partial charge is 0.285 e. The summed E-state index contributed by atoms with van der Waals surface area (Å²) in [6, 6.07) is 0. The highest BCUT2D eigenvalue weighted by atomic mass is 32.2. The Kier molecular flexibility index (Phi) is 2.23.